The van der Waals surface area contributed by atoms with Crippen molar-refractivity contribution >= 4 is 11.9 Å². The van der Waals surface area contributed by atoms with E-state index < -0.39 is 47.2 Å². The minimum Gasteiger partial charge on any atom is -0.504 e. The fraction of sp³-hybridized carbons (Fsp3) is 0.174. The van der Waals surface area contributed by atoms with E-state index >= 15 is 0 Å². The first-order valence-corrected chi connectivity index (χ1v) is 18.6. The standard InChI is InChI=1S/C46H34O11/c47-33-24-31-38(42-40(33)55-46(57-42,29-18-9-3-10-19-29)30-20-11-4-12-21-30)37-32(44(50)53-34-22-13-23-51-36(34)26-52-43(31)49)25-35-41(39(37)48)56-45(54-35,27-14-5-1-6-15-27)28-16-7-2-8-17-28/h1-12,14-21,24-25,34,36,47-48H,13,22-23,26H2/t34-,36+/m0/s1. The SMILES string of the molecule is O=C1O[C@H]2CCCO[C@@H]2COC(=O)c2cc(O)c3c(c2-c2c1cc1c(c2O)OC(c2ccccc2)(c2ccccc2)O1)OC(c1ccccc1)(c1ccccc1)O3. The first-order valence-electron chi connectivity index (χ1n) is 18.6. The van der Waals surface area contributed by atoms with Crippen LogP contribution in [-0.4, -0.2) is 47.6 Å². The number of fused-ring (bicyclic) bond motifs is 7. The molecule has 4 aliphatic rings. The fourth-order valence-corrected chi connectivity index (χ4v) is 8.05. The van der Waals surface area contributed by atoms with Gasteiger partial charge in [0.05, 0.1) is 11.1 Å². The molecule has 0 aromatic heterocycles. The van der Waals surface area contributed by atoms with Crippen LogP contribution in [0.3, 0.4) is 0 Å². The molecular weight excluding hydrogens is 728 g/mol. The third-order valence-corrected chi connectivity index (χ3v) is 10.7. The van der Waals surface area contributed by atoms with Gasteiger partial charge in [0.25, 0.3) is 0 Å². The topological polar surface area (TPSA) is 139 Å². The lowest BCUT2D eigenvalue weighted by Crippen LogP contribution is -2.41. The zero-order valence-corrected chi connectivity index (χ0v) is 30.3. The molecule has 6 aromatic rings. The summed E-state index contributed by atoms with van der Waals surface area (Å²) in [6, 6.07) is 39.2. The van der Waals surface area contributed by atoms with Crippen molar-refractivity contribution in [3.8, 4) is 45.6 Å². The number of rotatable bonds is 4. The van der Waals surface area contributed by atoms with Gasteiger partial charge in [-0.15, -0.1) is 0 Å². The maximum Gasteiger partial charge on any atom is 0.339 e. The van der Waals surface area contributed by atoms with Gasteiger partial charge in [0.15, 0.2) is 23.0 Å². The van der Waals surface area contributed by atoms with Gasteiger partial charge in [0.1, 0.15) is 18.8 Å². The monoisotopic (exact) mass is 762 g/mol. The van der Waals surface area contributed by atoms with Crippen molar-refractivity contribution in [1.29, 1.82) is 0 Å². The van der Waals surface area contributed by atoms with Crippen LogP contribution in [0.25, 0.3) is 11.1 Å². The largest absolute Gasteiger partial charge is 0.504 e. The number of benzene rings is 6. The number of carbonyl (C=O) groups excluding carboxylic acids is 2. The lowest BCUT2D eigenvalue weighted by atomic mass is 9.91. The van der Waals surface area contributed by atoms with Gasteiger partial charge in [-0.3, -0.25) is 0 Å². The second-order valence-electron chi connectivity index (χ2n) is 14.2. The lowest BCUT2D eigenvalue weighted by molar-refractivity contribution is -0.104. The molecule has 1 fully saturated rings. The second kappa shape index (κ2) is 13.3. The maximum absolute atomic E-state index is 14.6. The van der Waals surface area contributed by atoms with Crippen molar-refractivity contribution in [3.63, 3.8) is 0 Å². The van der Waals surface area contributed by atoms with Gasteiger partial charge in [-0.1, -0.05) is 121 Å². The van der Waals surface area contributed by atoms with E-state index in [1.165, 1.54) is 12.1 Å². The van der Waals surface area contributed by atoms with Crippen molar-refractivity contribution in [1.82, 2.24) is 0 Å². The van der Waals surface area contributed by atoms with E-state index in [9.17, 15) is 19.8 Å². The van der Waals surface area contributed by atoms with Gasteiger partial charge < -0.3 is 43.4 Å². The normalized spacial score (nSPS) is 19.9. The molecule has 0 spiro atoms. The van der Waals surface area contributed by atoms with Crippen molar-refractivity contribution in [3.05, 3.63) is 167 Å². The Bertz CT molecular complexity index is 2440. The molecule has 10 rings (SSSR count). The molecule has 11 heteroatoms. The zero-order valence-electron chi connectivity index (χ0n) is 30.3. The predicted molar refractivity (Wildman–Crippen MR) is 204 cm³/mol. The predicted octanol–water partition coefficient (Wildman–Crippen LogP) is 7.98. The van der Waals surface area contributed by atoms with Crippen LogP contribution in [0.15, 0.2) is 133 Å². The molecular formula is C46H34O11. The molecule has 0 aliphatic carbocycles. The Morgan fingerprint density at radius 3 is 1.63 bits per heavy atom. The Morgan fingerprint density at radius 2 is 1.05 bits per heavy atom. The Kier molecular flexibility index (Phi) is 8.08. The molecule has 4 heterocycles. The number of phenolic OH excluding ortho intramolecular Hbond substituents is 2. The van der Waals surface area contributed by atoms with Crippen LogP contribution >= 0.6 is 0 Å². The van der Waals surface area contributed by atoms with Crippen LogP contribution in [0, 0.1) is 0 Å². The Balaban J connectivity index is 1.24. The van der Waals surface area contributed by atoms with E-state index in [0.717, 1.165) is 0 Å². The van der Waals surface area contributed by atoms with Crippen LogP contribution < -0.4 is 18.9 Å². The molecule has 11 nitrogen and oxygen atoms in total. The summed E-state index contributed by atoms with van der Waals surface area (Å²) in [6.45, 7) is 0.135. The number of ether oxygens (including phenoxy) is 7. The molecule has 0 unspecified atom stereocenters. The zero-order chi connectivity index (χ0) is 38.7. The average Bonchev–Trinajstić information content (AvgIpc) is 3.87. The Labute approximate surface area is 326 Å². The van der Waals surface area contributed by atoms with E-state index in [2.05, 4.69) is 0 Å². The van der Waals surface area contributed by atoms with E-state index in [4.69, 9.17) is 33.2 Å². The summed E-state index contributed by atoms with van der Waals surface area (Å²) in [5.74, 6) is -6.31. The van der Waals surface area contributed by atoms with Crippen LogP contribution in [0.4, 0.5) is 0 Å². The van der Waals surface area contributed by atoms with E-state index in [1.807, 2.05) is 121 Å². The molecule has 0 amide bonds. The summed E-state index contributed by atoms with van der Waals surface area (Å²) in [4.78, 5) is 29.0. The van der Waals surface area contributed by atoms with Gasteiger partial charge >= 0.3 is 23.5 Å². The van der Waals surface area contributed by atoms with Crippen LogP contribution in [-0.2, 0) is 25.8 Å². The summed E-state index contributed by atoms with van der Waals surface area (Å²) in [5, 5.41) is 24.3. The third-order valence-electron chi connectivity index (χ3n) is 10.7. The summed E-state index contributed by atoms with van der Waals surface area (Å²) in [7, 11) is 0. The fourth-order valence-electron chi connectivity index (χ4n) is 8.05. The van der Waals surface area contributed by atoms with Gasteiger partial charge in [0.2, 0.25) is 11.5 Å². The summed E-state index contributed by atoms with van der Waals surface area (Å²) in [5.41, 5.74) is 1.67. The smallest absolute Gasteiger partial charge is 0.339 e. The number of esters is 2. The molecule has 1 saturated heterocycles. The molecule has 2 N–H and O–H groups in total. The molecule has 6 aromatic carbocycles. The molecule has 0 bridgehead atoms. The van der Waals surface area contributed by atoms with Gasteiger partial charge in [0, 0.05) is 40.0 Å². The summed E-state index contributed by atoms with van der Waals surface area (Å²) >= 11 is 0. The van der Waals surface area contributed by atoms with Crippen LogP contribution in [0.5, 0.6) is 34.5 Å². The number of hydrogen-bond acceptors (Lipinski definition) is 11. The number of cyclic esters (lactones) is 1. The molecule has 4 aliphatic heterocycles. The van der Waals surface area contributed by atoms with Crippen molar-refractivity contribution in [2.75, 3.05) is 13.2 Å². The van der Waals surface area contributed by atoms with E-state index in [1.54, 1.807) is 0 Å². The minimum atomic E-state index is -1.68. The highest BCUT2D eigenvalue weighted by molar-refractivity contribution is 6.09. The maximum atomic E-state index is 14.6. The number of hydrogen-bond donors (Lipinski definition) is 2. The quantitative estimate of drug-likeness (QED) is 0.169. The number of phenols is 2. The number of carbonyl (C=O) groups is 2. The third kappa shape index (κ3) is 5.45. The van der Waals surface area contributed by atoms with Crippen LogP contribution in [0.2, 0.25) is 0 Å². The van der Waals surface area contributed by atoms with Crippen molar-refractivity contribution in [2.24, 2.45) is 0 Å². The molecule has 0 radical (unpaired) electrons. The molecule has 284 valence electrons. The highest BCUT2D eigenvalue weighted by atomic mass is 16.7. The first-order chi connectivity index (χ1) is 27.9. The summed E-state index contributed by atoms with van der Waals surface area (Å²) < 4.78 is 44.9. The van der Waals surface area contributed by atoms with Gasteiger partial charge in [-0.05, 0) is 25.0 Å². The van der Waals surface area contributed by atoms with Crippen molar-refractivity contribution in [2.45, 2.75) is 36.6 Å². The second-order valence-corrected chi connectivity index (χ2v) is 14.2. The molecule has 2 atom stereocenters. The van der Waals surface area contributed by atoms with Gasteiger partial charge in [-0.25, -0.2) is 9.59 Å². The van der Waals surface area contributed by atoms with Crippen molar-refractivity contribution < 1.29 is 53.0 Å². The van der Waals surface area contributed by atoms with Crippen LogP contribution in [0.1, 0.15) is 55.8 Å². The lowest BCUT2D eigenvalue weighted by Gasteiger charge is -2.30. The Hall–Kier alpha value is -6.98. The van der Waals surface area contributed by atoms with Gasteiger partial charge in [-0.2, -0.15) is 0 Å². The first kappa shape index (κ1) is 34.5. The Morgan fingerprint density at radius 1 is 0.544 bits per heavy atom. The van der Waals surface area contributed by atoms with E-state index in [-0.39, 0.29) is 51.9 Å². The summed E-state index contributed by atoms with van der Waals surface area (Å²) in [6.07, 6.45) is -0.501. The number of aromatic hydroxyl groups is 2. The average molecular weight is 763 g/mol. The highest BCUT2D eigenvalue weighted by Crippen LogP contribution is 2.62. The van der Waals surface area contributed by atoms with E-state index in [0.29, 0.717) is 41.7 Å². The minimum absolute atomic E-state index is 0.0434. The molecule has 0 saturated carbocycles. The molecule has 57 heavy (non-hydrogen) atoms. The highest BCUT2D eigenvalue weighted by Gasteiger charge is 2.52.